The Kier molecular flexibility index (Phi) is 8.65. The zero-order chi connectivity index (χ0) is 22.4. The lowest BCUT2D eigenvalue weighted by Gasteiger charge is -2.36. The Bertz CT molecular complexity index is 847. The highest BCUT2D eigenvalue weighted by Crippen LogP contribution is 2.33. The summed E-state index contributed by atoms with van der Waals surface area (Å²) in [4.78, 5) is 14.7. The van der Waals surface area contributed by atoms with Crippen molar-refractivity contribution in [3.8, 4) is 0 Å². The van der Waals surface area contributed by atoms with E-state index in [1.54, 1.807) is 0 Å². The van der Waals surface area contributed by atoms with Crippen LogP contribution >= 0.6 is 34.8 Å². The molecule has 0 bridgehead atoms. The minimum absolute atomic E-state index is 0.0811. The maximum absolute atomic E-state index is 12.2. The summed E-state index contributed by atoms with van der Waals surface area (Å²) in [5.74, 6) is -0.324. The Morgan fingerprint density at radius 1 is 1.03 bits per heavy atom. The van der Waals surface area contributed by atoms with Crippen LogP contribution < -0.4 is 10.6 Å². The second kappa shape index (κ2) is 11.0. The number of likely N-dealkylation sites (tertiary alicyclic amines) is 1. The van der Waals surface area contributed by atoms with Crippen molar-refractivity contribution in [2.75, 3.05) is 18.4 Å². The second-order valence-corrected chi connectivity index (χ2v) is 10.7. The minimum atomic E-state index is -2.00. The van der Waals surface area contributed by atoms with Crippen molar-refractivity contribution in [2.45, 2.75) is 49.1 Å². The standard InChI is InChI=1S/C24H30Cl3N3O/c1-17(2)22(20-10-6-7-11-21(20)29-23(31)24(25,26)27)28-19-12-14-30(15-13-19)16-18-8-4-3-5-9-18/h3-11,17,19,22,28H,12-16H2,1-2H3,(H,29,31). The van der Waals surface area contributed by atoms with E-state index >= 15 is 0 Å². The average Bonchev–Trinajstić information content (AvgIpc) is 2.73. The Labute approximate surface area is 200 Å². The minimum Gasteiger partial charge on any atom is -0.322 e. The van der Waals surface area contributed by atoms with E-state index in [1.165, 1.54) is 5.56 Å². The molecule has 0 aliphatic carbocycles. The molecule has 0 spiro atoms. The molecular formula is C24H30Cl3N3O. The van der Waals surface area contributed by atoms with Crippen molar-refractivity contribution < 1.29 is 4.79 Å². The maximum Gasteiger partial charge on any atom is 0.276 e. The van der Waals surface area contributed by atoms with Gasteiger partial charge in [0.2, 0.25) is 0 Å². The zero-order valence-electron chi connectivity index (χ0n) is 18.0. The molecule has 2 aromatic rings. The van der Waals surface area contributed by atoms with Crippen LogP contribution in [0.25, 0.3) is 0 Å². The summed E-state index contributed by atoms with van der Waals surface area (Å²) >= 11 is 17.3. The zero-order valence-corrected chi connectivity index (χ0v) is 20.2. The number of para-hydroxylation sites is 1. The number of hydrogen-bond donors (Lipinski definition) is 2. The van der Waals surface area contributed by atoms with Crippen LogP contribution in [-0.2, 0) is 11.3 Å². The molecule has 1 amide bonds. The smallest absolute Gasteiger partial charge is 0.276 e. The molecule has 0 aromatic heterocycles. The summed E-state index contributed by atoms with van der Waals surface area (Å²) in [5.41, 5.74) is 3.03. The second-order valence-electron chi connectivity index (χ2n) is 8.46. The largest absolute Gasteiger partial charge is 0.322 e. The van der Waals surface area contributed by atoms with Gasteiger partial charge in [-0.15, -0.1) is 0 Å². The van der Waals surface area contributed by atoms with Crippen LogP contribution in [-0.4, -0.2) is 33.7 Å². The number of amides is 1. The predicted octanol–water partition coefficient (Wildman–Crippen LogP) is 5.95. The number of piperidine rings is 1. The van der Waals surface area contributed by atoms with Crippen LogP contribution in [0.3, 0.4) is 0 Å². The molecule has 1 heterocycles. The van der Waals surface area contributed by atoms with Crippen molar-refractivity contribution in [3.63, 3.8) is 0 Å². The first-order valence-corrected chi connectivity index (χ1v) is 11.9. The van der Waals surface area contributed by atoms with Crippen LogP contribution in [0.5, 0.6) is 0 Å². The topological polar surface area (TPSA) is 44.4 Å². The quantitative estimate of drug-likeness (QED) is 0.480. The molecule has 2 N–H and O–H groups in total. The molecule has 0 radical (unpaired) electrons. The van der Waals surface area contributed by atoms with Crippen LogP contribution in [0.15, 0.2) is 54.6 Å². The molecule has 1 fully saturated rings. The van der Waals surface area contributed by atoms with E-state index in [-0.39, 0.29) is 6.04 Å². The fourth-order valence-electron chi connectivity index (χ4n) is 4.07. The highest BCUT2D eigenvalue weighted by Gasteiger charge is 2.32. The average molecular weight is 483 g/mol. The Hall–Kier alpha value is -1.30. The number of benzene rings is 2. The van der Waals surface area contributed by atoms with E-state index in [1.807, 2.05) is 24.3 Å². The van der Waals surface area contributed by atoms with Crippen LogP contribution in [0.2, 0.25) is 0 Å². The SMILES string of the molecule is CC(C)C(NC1CCN(Cc2ccccc2)CC1)c1ccccc1NC(=O)C(Cl)(Cl)Cl. The van der Waals surface area contributed by atoms with Gasteiger partial charge in [-0.05, 0) is 49.0 Å². The highest BCUT2D eigenvalue weighted by molar-refractivity contribution is 6.76. The van der Waals surface area contributed by atoms with Gasteiger partial charge in [-0.25, -0.2) is 0 Å². The lowest BCUT2D eigenvalue weighted by Crippen LogP contribution is -2.44. The number of nitrogens with one attached hydrogen (secondary N) is 2. The summed E-state index contributed by atoms with van der Waals surface area (Å²) in [6.07, 6.45) is 2.16. The predicted molar refractivity (Wildman–Crippen MR) is 131 cm³/mol. The molecule has 1 saturated heterocycles. The van der Waals surface area contributed by atoms with E-state index in [9.17, 15) is 4.79 Å². The number of carbonyl (C=O) groups excluding carboxylic acids is 1. The Morgan fingerprint density at radius 3 is 2.26 bits per heavy atom. The maximum atomic E-state index is 12.2. The first-order chi connectivity index (χ1) is 14.7. The van der Waals surface area contributed by atoms with Gasteiger partial charge in [0.25, 0.3) is 9.70 Å². The molecule has 168 valence electrons. The third-order valence-electron chi connectivity index (χ3n) is 5.72. The van der Waals surface area contributed by atoms with Gasteiger partial charge in [0.15, 0.2) is 0 Å². The number of nitrogens with zero attached hydrogens (tertiary/aromatic N) is 1. The van der Waals surface area contributed by atoms with Gasteiger partial charge in [-0.2, -0.15) is 0 Å². The van der Waals surface area contributed by atoms with Crippen molar-refractivity contribution in [2.24, 2.45) is 5.92 Å². The van der Waals surface area contributed by atoms with Gasteiger partial charge in [0.05, 0.1) is 0 Å². The third-order valence-corrected chi connectivity index (χ3v) is 6.23. The van der Waals surface area contributed by atoms with Gasteiger partial charge in [0.1, 0.15) is 0 Å². The Morgan fingerprint density at radius 2 is 1.65 bits per heavy atom. The van der Waals surface area contributed by atoms with Crippen molar-refractivity contribution >= 4 is 46.4 Å². The summed E-state index contributed by atoms with van der Waals surface area (Å²) in [5, 5.41) is 6.61. The molecule has 0 saturated carbocycles. The highest BCUT2D eigenvalue weighted by atomic mass is 35.6. The molecule has 31 heavy (non-hydrogen) atoms. The number of alkyl halides is 3. The molecule has 7 heteroatoms. The van der Waals surface area contributed by atoms with Gasteiger partial charge in [-0.3, -0.25) is 9.69 Å². The van der Waals surface area contributed by atoms with Crippen LogP contribution in [0, 0.1) is 5.92 Å². The lowest BCUT2D eigenvalue weighted by molar-refractivity contribution is -0.115. The number of carbonyl (C=O) groups is 1. The monoisotopic (exact) mass is 481 g/mol. The number of rotatable bonds is 7. The number of anilines is 1. The first kappa shape index (κ1) is 24.3. The van der Waals surface area contributed by atoms with Gasteiger partial charge >= 0.3 is 0 Å². The summed E-state index contributed by atoms with van der Waals surface area (Å²) in [6, 6.07) is 18.8. The Balaban J connectivity index is 1.64. The normalized spacial score (nSPS) is 17.0. The van der Waals surface area contributed by atoms with Gasteiger partial charge < -0.3 is 10.6 Å². The molecule has 1 atom stereocenters. The fourth-order valence-corrected chi connectivity index (χ4v) is 4.21. The van der Waals surface area contributed by atoms with Crippen LogP contribution in [0.1, 0.15) is 43.9 Å². The number of hydrogen-bond acceptors (Lipinski definition) is 3. The van der Waals surface area contributed by atoms with E-state index < -0.39 is 9.70 Å². The molecule has 3 rings (SSSR count). The molecule has 1 aliphatic rings. The van der Waals surface area contributed by atoms with Gasteiger partial charge in [0, 0.05) is 24.3 Å². The van der Waals surface area contributed by atoms with Crippen molar-refractivity contribution in [1.82, 2.24) is 10.2 Å². The van der Waals surface area contributed by atoms with E-state index in [2.05, 4.69) is 59.7 Å². The van der Waals surface area contributed by atoms with E-state index in [4.69, 9.17) is 34.8 Å². The third kappa shape index (κ3) is 7.10. The first-order valence-electron chi connectivity index (χ1n) is 10.7. The summed E-state index contributed by atoms with van der Waals surface area (Å²) in [7, 11) is 0. The molecule has 4 nitrogen and oxygen atoms in total. The molecule has 1 unspecified atom stereocenters. The van der Waals surface area contributed by atoms with Crippen LogP contribution in [0.4, 0.5) is 5.69 Å². The molecular weight excluding hydrogens is 453 g/mol. The van der Waals surface area contributed by atoms with E-state index in [0.29, 0.717) is 17.6 Å². The fraction of sp³-hybridized carbons (Fsp3) is 0.458. The summed E-state index contributed by atoms with van der Waals surface area (Å²) in [6.45, 7) is 7.46. The molecule has 1 aliphatic heterocycles. The van der Waals surface area contributed by atoms with Crippen molar-refractivity contribution in [3.05, 3.63) is 65.7 Å². The number of halogens is 3. The van der Waals surface area contributed by atoms with E-state index in [0.717, 1.165) is 38.0 Å². The lowest BCUT2D eigenvalue weighted by atomic mass is 9.92. The molecule has 2 aromatic carbocycles. The summed E-state index contributed by atoms with van der Waals surface area (Å²) < 4.78 is -2.00. The van der Waals surface area contributed by atoms with Crippen molar-refractivity contribution in [1.29, 1.82) is 0 Å². The van der Waals surface area contributed by atoms with Gasteiger partial charge in [-0.1, -0.05) is 97.2 Å².